The second-order valence-corrected chi connectivity index (χ2v) is 8.24. The SMILES string of the molecule is CC(C)(C)NCCNCCN1CCN(C(=O)OC(C)(C)C)CC1. The van der Waals surface area contributed by atoms with E-state index in [1.54, 1.807) is 0 Å². The van der Waals surface area contributed by atoms with Crippen molar-refractivity contribution < 1.29 is 9.53 Å². The minimum absolute atomic E-state index is 0.180. The van der Waals surface area contributed by atoms with Crippen LogP contribution in [-0.2, 0) is 4.74 Å². The van der Waals surface area contributed by atoms with Crippen LogP contribution in [0.1, 0.15) is 41.5 Å². The van der Waals surface area contributed by atoms with Gasteiger partial charge in [-0.15, -0.1) is 0 Å². The van der Waals surface area contributed by atoms with Gasteiger partial charge in [-0.05, 0) is 41.5 Å². The van der Waals surface area contributed by atoms with Gasteiger partial charge in [-0.2, -0.15) is 0 Å². The fourth-order valence-electron chi connectivity index (χ4n) is 2.37. The van der Waals surface area contributed by atoms with E-state index in [2.05, 4.69) is 36.3 Å². The first-order valence-corrected chi connectivity index (χ1v) is 8.73. The summed E-state index contributed by atoms with van der Waals surface area (Å²) in [6.45, 7) is 19.6. The van der Waals surface area contributed by atoms with Gasteiger partial charge in [0.25, 0.3) is 0 Å². The maximum Gasteiger partial charge on any atom is 0.410 e. The highest BCUT2D eigenvalue weighted by Gasteiger charge is 2.25. The molecule has 0 atom stereocenters. The van der Waals surface area contributed by atoms with Crippen molar-refractivity contribution in [2.45, 2.75) is 52.7 Å². The standard InChI is InChI=1S/C17H36N4O2/c1-16(2,3)19-8-7-18-9-10-20-11-13-21(14-12-20)15(22)23-17(4,5)6/h18-19H,7-14H2,1-6H3. The molecule has 6 nitrogen and oxygen atoms in total. The summed E-state index contributed by atoms with van der Waals surface area (Å²) in [6, 6.07) is 0. The number of piperazine rings is 1. The number of rotatable bonds is 6. The van der Waals surface area contributed by atoms with Crippen LogP contribution in [0.2, 0.25) is 0 Å². The van der Waals surface area contributed by atoms with Crippen molar-refractivity contribution in [1.29, 1.82) is 0 Å². The third-order valence-corrected chi connectivity index (χ3v) is 3.59. The average molecular weight is 329 g/mol. The molecule has 1 heterocycles. The van der Waals surface area contributed by atoms with Crippen molar-refractivity contribution in [3.05, 3.63) is 0 Å². The molecule has 0 spiro atoms. The minimum atomic E-state index is -0.417. The highest BCUT2D eigenvalue weighted by atomic mass is 16.6. The van der Waals surface area contributed by atoms with Crippen molar-refractivity contribution in [3.8, 4) is 0 Å². The zero-order valence-electron chi connectivity index (χ0n) is 15.9. The predicted molar refractivity (Wildman–Crippen MR) is 94.9 cm³/mol. The predicted octanol–water partition coefficient (Wildman–Crippen LogP) is 1.52. The van der Waals surface area contributed by atoms with E-state index in [9.17, 15) is 4.79 Å². The van der Waals surface area contributed by atoms with Gasteiger partial charge in [0, 0.05) is 57.9 Å². The Kier molecular flexibility index (Phi) is 7.77. The van der Waals surface area contributed by atoms with Crippen molar-refractivity contribution >= 4 is 6.09 Å². The molecule has 0 bridgehead atoms. The Hall–Kier alpha value is -0.850. The molecular formula is C17H36N4O2. The molecule has 1 aliphatic rings. The summed E-state index contributed by atoms with van der Waals surface area (Å²) in [7, 11) is 0. The maximum absolute atomic E-state index is 12.0. The van der Waals surface area contributed by atoms with Gasteiger partial charge in [-0.1, -0.05) is 0 Å². The van der Waals surface area contributed by atoms with E-state index in [-0.39, 0.29) is 11.6 Å². The first kappa shape index (κ1) is 20.2. The number of amides is 1. The minimum Gasteiger partial charge on any atom is -0.444 e. The first-order valence-electron chi connectivity index (χ1n) is 8.73. The Labute approximate surface area is 141 Å². The van der Waals surface area contributed by atoms with Gasteiger partial charge in [0.1, 0.15) is 5.60 Å². The van der Waals surface area contributed by atoms with Crippen LogP contribution in [0.3, 0.4) is 0 Å². The van der Waals surface area contributed by atoms with Crippen LogP contribution in [0.25, 0.3) is 0 Å². The Morgan fingerprint density at radius 2 is 1.57 bits per heavy atom. The van der Waals surface area contributed by atoms with Crippen molar-refractivity contribution in [3.63, 3.8) is 0 Å². The fourth-order valence-corrected chi connectivity index (χ4v) is 2.37. The molecular weight excluding hydrogens is 292 g/mol. The molecule has 1 saturated heterocycles. The summed E-state index contributed by atoms with van der Waals surface area (Å²) in [5.74, 6) is 0. The molecule has 0 aromatic rings. The smallest absolute Gasteiger partial charge is 0.410 e. The van der Waals surface area contributed by atoms with E-state index in [0.29, 0.717) is 0 Å². The molecule has 136 valence electrons. The van der Waals surface area contributed by atoms with Crippen LogP contribution in [0, 0.1) is 0 Å². The summed E-state index contributed by atoms with van der Waals surface area (Å²) in [5.41, 5.74) is -0.237. The molecule has 0 saturated carbocycles. The third kappa shape index (κ3) is 9.79. The van der Waals surface area contributed by atoms with E-state index < -0.39 is 5.60 Å². The largest absolute Gasteiger partial charge is 0.444 e. The summed E-state index contributed by atoms with van der Waals surface area (Å²) in [4.78, 5) is 16.2. The molecule has 1 amide bonds. The zero-order chi connectivity index (χ0) is 17.5. The second kappa shape index (κ2) is 8.85. The van der Waals surface area contributed by atoms with Crippen molar-refractivity contribution in [1.82, 2.24) is 20.4 Å². The van der Waals surface area contributed by atoms with Crippen LogP contribution in [0.5, 0.6) is 0 Å². The number of hydrogen-bond donors (Lipinski definition) is 2. The van der Waals surface area contributed by atoms with Gasteiger partial charge in [0.05, 0.1) is 0 Å². The van der Waals surface area contributed by atoms with Gasteiger partial charge >= 0.3 is 6.09 Å². The Morgan fingerprint density at radius 1 is 0.957 bits per heavy atom. The van der Waals surface area contributed by atoms with E-state index in [4.69, 9.17) is 4.74 Å². The molecule has 6 heteroatoms. The number of ether oxygens (including phenoxy) is 1. The lowest BCUT2D eigenvalue weighted by atomic mass is 10.1. The number of nitrogens with one attached hydrogen (secondary N) is 2. The molecule has 1 fully saturated rings. The van der Waals surface area contributed by atoms with Crippen LogP contribution in [-0.4, -0.2) is 79.4 Å². The number of hydrogen-bond acceptors (Lipinski definition) is 5. The molecule has 0 aromatic heterocycles. The maximum atomic E-state index is 12.0. The van der Waals surface area contributed by atoms with Gasteiger partial charge in [0.2, 0.25) is 0 Å². The number of carbonyl (C=O) groups is 1. The van der Waals surface area contributed by atoms with Crippen LogP contribution in [0.15, 0.2) is 0 Å². The highest BCUT2D eigenvalue weighted by Crippen LogP contribution is 2.11. The summed E-state index contributed by atoms with van der Waals surface area (Å²) in [5, 5.41) is 6.92. The summed E-state index contributed by atoms with van der Waals surface area (Å²) in [6.07, 6.45) is -0.191. The topological polar surface area (TPSA) is 56.8 Å². The van der Waals surface area contributed by atoms with Crippen LogP contribution >= 0.6 is 0 Å². The van der Waals surface area contributed by atoms with Crippen LogP contribution in [0.4, 0.5) is 4.79 Å². The van der Waals surface area contributed by atoms with Gasteiger partial charge in [0.15, 0.2) is 0 Å². The molecule has 0 unspecified atom stereocenters. The summed E-state index contributed by atoms with van der Waals surface area (Å²) < 4.78 is 5.41. The molecule has 2 N–H and O–H groups in total. The lowest BCUT2D eigenvalue weighted by molar-refractivity contribution is 0.0146. The normalized spacial score (nSPS) is 17.4. The Bertz CT molecular complexity index is 353. The van der Waals surface area contributed by atoms with E-state index >= 15 is 0 Å². The first-order chi connectivity index (χ1) is 10.6. The molecule has 0 radical (unpaired) electrons. The number of nitrogens with zero attached hydrogens (tertiary/aromatic N) is 2. The highest BCUT2D eigenvalue weighted by molar-refractivity contribution is 5.68. The third-order valence-electron chi connectivity index (χ3n) is 3.59. The van der Waals surface area contributed by atoms with E-state index in [1.165, 1.54) is 0 Å². The van der Waals surface area contributed by atoms with Crippen molar-refractivity contribution in [2.24, 2.45) is 0 Å². The fraction of sp³-hybridized carbons (Fsp3) is 0.941. The second-order valence-electron chi connectivity index (χ2n) is 8.24. The van der Waals surface area contributed by atoms with Crippen molar-refractivity contribution in [2.75, 3.05) is 52.4 Å². The zero-order valence-corrected chi connectivity index (χ0v) is 15.9. The van der Waals surface area contributed by atoms with Crippen LogP contribution < -0.4 is 10.6 Å². The van der Waals surface area contributed by atoms with E-state index in [1.807, 2.05) is 25.7 Å². The average Bonchev–Trinajstić information content (AvgIpc) is 2.40. The summed E-state index contributed by atoms with van der Waals surface area (Å²) >= 11 is 0. The van der Waals surface area contributed by atoms with E-state index in [0.717, 1.165) is 52.4 Å². The monoisotopic (exact) mass is 328 g/mol. The molecule has 0 aromatic carbocycles. The Morgan fingerprint density at radius 3 is 2.09 bits per heavy atom. The van der Waals surface area contributed by atoms with Gasteiger partial charge in [-0.25, -0.2) is 4.79 Å². The Balaban J connectivity index is 2.09. The lowest BCUT2D eigenvalue weighted by Crippen LogP contribution is -2.51. The quantitative estimate of drug-likeness (QED) is 0.724. The lowest BCUT2D eigenvalue weighted by Gasteiger charge is -2.35. The van der Waals surface area contributed by atoms with Gasteiger partial charge < -0.3 is 20.3 Å². The molecule has 0 aliphatic carbocycles. The molecule has 1 rings (SSSR count). The molecule has 1 aliphatic heterocycles. The van der Waals surface area contributed by atoms with Gasteiger partial charge in [-0.3, -0.25) is 4.90 Å². The number of carbonyl (C=O) groups excluding carboxylic acids is 1. The molecule has 23 heavy (non-hydrogen) atoms.